The maximum absolute atomic E-state index is 14.3. The summed E-state index contributed by atoms with van der Waals surface area (Å²) in [4.78, 5) is 24.5. The number of amides is 1. The Labute approximate surface area is 184 Å². The molecule has 0 aliphatic rings. The fourth-order valence-electron chi connectivity index (χ4n) is 2.92. The molecule has 3 aromatic heterocycles. The molecule has 1 amide bonds. The first-order valence-electron chi connectivity index (χ1n) is 11.7. The lowest BCUT2D eigenvalue weighted by Crippen LogP contribution is -2.28. The number of methoxy groups -OCH3 is 1. The molecule has 3 heterocycles. The van der Waals surface area contributed by atoms with Gasteiger partial charge in [0.05, 0.1) is 23.2 Å². The zero-order valence-corrected chi connectivity index (χ0v) is 16.0. The average molecular weight is 428 g/mol. The summed E-state index contributed by atoms with van der Waals surface area (Å²) in [6.45, 7) is -3.19. The van der Waals surface area contributed by atoms with Crippen LogP contribution >= 0.6 is 0 Å². The topological polar surface area (TPSA) is 138 Å². The summed E-state index contributed by atoms with van der Waals surface area (Å²) in [5.74, 6) is -1.82. The Hall–Kier alpha value is -4.28. The highest BCUT2D eigenvalue weighted by molar-refractivity contribution is 5.96. The number of halogens is 1. The Bertz CT molecular complexity index is 1520. The van der Waals surface area contributed by atoms with Crippen LogP contribution in [0, 0.1) is 5.82 Å². The molecule has 10 nitrogen and oxygen atoms in total. The first kappa shape index (κ1) is 13.9. The number of benzene rings is 1. The fraction of sp³-hybridized carbons (Fsp3) is 0.150. The van der Waals surface area contributed by atoms with E-state index in [-0.39, 0.29) is 39.6 Å². The number of hydrogen-bond donors (Lipinski definition) is 2. The molecule has 0 unspecified atom stereocenters. The van der Waals surface area contributed by atoms with E-state index in [1.807, 2.05) is 0 Å². The molecule has 0 atom stereocenters. The summed E-state index contributed by atoms with van der Waals surface area (Å²) in [6.07, 6.45) is -1.78. The van der Waals surface area contributed by atoms with Gasteiger partial charge < -0.3 is 16.2 Å². The summed E-state index contributed by atoms with van der Waals surface area (Å²) < 4.78 is 67.4. The number of nitrogen functional groups attached to an aromatic ring is 2. The highest BCUT2D eigenvalue weighted by Gasteiger charge is 2.23. The van der Waals surface area contributed by atoms with Crippen molar-refractivity contribution in [2.24, 2.45) is 0 Å². The predicted octanol–water partition coefficient (Wildman–Crippen LogP) is 2.44. The molecular weight excluding hydrogens is 403 g/mol. The molecule has 0 fully saturated rings. The largest absolute Gasteiger partial charge is 0.452 e. The number of aromatic nitrogens is 5. The van der Waals surface area contributed by atoms with Gasteiger partial charge in [0.2, 0.25) is 0 Å². The standard InChI is InChI=1S/C20H19FN8O2/c1-28(20(30)31-2)15-16(22)25-18(26-17(15)23)14-12-7-5-9-24-19(12)29(27-14)10-11-6-3-4-8-13(11)21/h3-9H,10H2,1-2H3,(H4,22,23,25,26)/i1D3,5D,7D,9D. The fourth-order valence-corrected chi connectivity index (χ4v) is 2.92. The van der Waals surface area contributed by atoms with Gasteiger partial charge in [-0.1, -0.05) is 18.2 Å². The highest BCUT2D eigenvalue weighted by Crippen LogP contribution is 2.32. The van der Waals surface area contributed by atoms with E-state index < -0.39 is 54.5 Å². The van der Waals surface area contributed by atoms with Crippen molar-refractivity contribution in [2.75, 3.05) is 30.5 Å². The van der Waals surface area contributed by atoms with Gasteiger partial charge in [-0.15, -0.1) is 0 Å². The maximum Gasteiger partial charge on any atom is 0.413 e. The minimum Gasteiger partial charge on any atom is -0.452 e. The van der Waals surface area contributed by atoms with Crippen LogP contribution in [-0.2, 0) is 11.3 Å². The summed E-state index contributed by atoms with van der Waals surface area (Å²) in [5, 5.41) is 4.31. The van der Waals surface area contributed by atoms with Gasteiger partial charge in [0.25, 0.3) is 0 Å². The van der Waals surface area contributed by atoms with Crippen LogP contribution in [-0.4, -0.2) is 44.9 Å². The van der Waals surface area contributed by atoms with Crippen molar-refractivity contribution in [3.8, 4) is 11.5 Å². The van der Waals surface area contributed by atoms with E-state index in [0.29, 0.717) is 0 Å². The molecule has 158 valence electrons. The summed E-state index contributed by atoms with van der Waals surface area (Å²) >= 11 is 0. The number of anilines is 3. The van der Waals surface area contributed by atoms with E-state index in [9.17, 15) is 9.18 Å². The molecule has 0 saturated heterocycles. The van der Waals surface area contributed by atoms with Gasteiger partial charge in [0.1, 0.15) is 17.2 Å². The smallest absolute Gasteiger partial charge is 0.413 e. The van der Waals surface area contributed by atoms with E-state index in [4.69, 9.17) is 19.7 Å². The number of carbonyl (C=O) groups excluding carboxylic acids is 1. The zero-order chi connectivity index (χ0) is 27.2. The Morgan fingerprint density at radius 3 is 2.74 bits per heavy atom. The van der Waals surface area contributed by atoms with Crippen molar-refractivity contribution in [3.63, 3.8) is 0 Å². The first-order valence-corrected chi connectivity index (χ1v) is 8.74. The van der Waals surface area contributed by atoms with Crippen molar-refractivity contribution < 1.29 is 22.1 Å². The zero-order valence-electron chi connectivity index (χ0n) is 22.0. The predicted molar refractivity (Wildman–Crippen MR) is 114 cm³/mol. The number of nitrogens with two attached hydrogens (primary N) is 2. The Morgan fingerprint density at radius 2 is 2.06 bits per heavy atom. The third-order valence-corrected chi connectivity index (χ3v) is 4.34. The molecule has 0 radical (unpaired) electrons. The van der Waals surface area contributed by atoms with Crippen molar-refractivity contribution >= 4 is 34.4 Å². The van der Waals surface area contributed by atoms with Crippen LogP contribution < -0.4 is 16.4 Å². The van der Waals surface area contributed by atoms with Crippen LogP contribution in [0.4, 0.5) is 26.5 Å². The van der Waals surface area contributed by atoms with Crippen LogP contribution in [0.3, 0.4) is 0 Å². The molecule has 0 aliphatic carbocycles. The van der Waals surface area contributed by atoms with E-state index in [1.54, 1.807) is 6.07 Å². The second-order valence-corrected chi connectivity index (χ2v) is 6.24. The molecule has 4 aromatic rings. The summed E-state index contributed by atoms with van der Waals surface area (Å²) in [6, 6.07) is 4.97. The number of nitrogens with zero attached hydrogens (tertiary/aromatic N) is 6. The molecule has 0 spiro atoms. The third-order valence-electron chi connectivity index (χ3n) is 4.34. The normalized spacial score (nSPS) is 14.1. The van der Waals surface area contributed by atoms with E-state index in [2.05, 4.69) is 24.8 Å². The minimum atomic E-state index is -3.04. The quantitative estimate of drug-likeness (QED) is 0.505. The van der Waals surface area contributed by atoms with Gasteiger partial charge in [-0.25, -0.2) is 28.8 Å². The molecule has 11 heteroatoms. The van der Waals surface area contributed by atoms with Crippen LogP contribution in [0.5, 0.6) is 0 Å². The third kappa shape index (κ3) is 3.56. The summed E-state index contributed by atoms with van der Waals surface area (Å²) in [5.41, 5.74) is 11.5. The van der Waals surface area contributed by atoms with Crippen molar-refractivity contribution in [1.29, 1.82) is 0 Å². The number of fused-ring (bicyclic) bond motifs is 1. The van der Waals surface area contributed by atoms with Gasteiger partial charge in [0, 0.05) is 22.8 Å². The average Bonchev–Trinajstić information content (AvgIpc) is 3.18. The van der Waals surface area contributed by atoms with Gasteiger partial charge in [0.15, 0.2) is 23.1 Å². The second kappa shape index (κ2) is 7.86. The molecule has 1 aromatic carbocycles. The van der Waals surface area contributed by atoms with Gasteiger partial charge in [-0.2, -0.15) is 5.10 Å². The van der Waals surface area contributed by atoms with E-state index >= 15 is 0 Å². The molecule has 4 rings (SSSR count). The summed E-state index contributed by atoms with van der Waals surface area (Å²) in [7, 11) is 0.971. The maximum atomic E-state index is 14.3. The molecule has 31 heavy (non-hydrogen) atoms. The van der Waals surface area contributed by atoms with Crippen molar-refractivity contribution in [1.82, 2.24) is 24.7 Å². The highest BCUT2D eigenvalue weighted by atomic mass is 19.1. The van der Waals surface area contributed by atoms with Gasteiger partial charge in [-0.3, -0.25) is 4.90 Å². The van der Waals surface area contributed by atoms with Crippen LogP contribution in [0.2, 0.25) is 0 Å². The number of carbonyl (C=O) groups is 1. The molecule has 0 aliphatic heterocycles. The second-order valence-electron chi connectivity index (χ2n) is 6.24. The van der Waals surface area contributed by atoms with Gasteiger partial charge >= 0.3 is 6.09 Å². The van der Waals surface area contributed by atoms with Crippen LogP contribution in [0.15, 0.2) is 42.5 Å². The van der Waals surface area contributed by atoms with Crippen LogP contribution in [0.25, 0.3) is 22.6 Å². The Balaban J connectivity index is 1.95. The number of ether oxygens (including phenoxy) is 1. The molecule has 0 saturated carbocycles. The van der Waals surface area contributed by atoms with E-state index in [0.717, 1.165) is 7.11 Å². The number of rotatable bonds is 4. The molecular formula is C20H19FN8O2. The molecule has 4 N–H and O–H groups in total. The number of pyridine rings is 1. The molecule has 0 bridgehead atoms. The SMILES string of the molecule is [2H]c1nc2c(c(-c3nc(N)c(N(C(=O)OC)C([2H])([2H])[2H])c(N)n3)nn2Cc2ccccc2F)c([2H])c1[2H]. The Morgan fingerprint density at radius 1 is 1.32 bits per heavy atom. The van der Waals surface area contributed by atoms with E-state index in [1.165, 1.54) is 22.9 Å². The van der Waals surface area contributed by atoms with Crippen molar-refractivity contribution in [3.05, 3.63) is 53.9 Å². The van der Waals surface area contributed by atoms with Crippen LogP contribution in [0.1, 0.15) is 13.8 Å². The number of hydrogen-bond acceptors (Lipinski definition) is 8. The lowest BCUT2D eigenvalue weighted by molar-refractivity contribution is 0.180. The lowest BCUT2D eigenvalue weighted by atomic mass is 10.2. The first-order chi connectivity index (χ1) is 17.3. The lowest BCUT2D eigenvalue weighted by Gasteiger charge is -2.18. The Kier molecular flexibility index (Phi) is 3.51. The monoisotopic (exact) mass is 428 g/mol. The minimum absolute atomic E-state index is 0.0206. The van der Waals surface area contributed by atoms with Crippen molar-refractivity contribution in [2.45, 2.75) is 6.54 Å². The van der Waals surface area contributed by atoms with Gasteiger partial charge in [-0.05, 0) is 18.2 Å².